The second kappa shape index (κ2) is 23.1. The highest BCUT2D eigenvalue weighted by atomic mass is 16.5. The largest absolute Gasteiger partial charge is 0.494 e. The van der Waals surface area contributed by atoms with Crippen LogP contribution < -0.4 is 18.9 Å². The molecule has 1 aromatic heterocycles. The summed E-state index contributed by atoms with van der Waals surface area (Å²) in [6, 6.07) is 34.6. The number of rotatable bonds is 22. The number of hydrogen-bond acceptors (Lipinski definition) is 7. The van der Waals surface area contributed by atoms with E-state index in [1.807, 2.05) is 91.0 Å². The number of aromatic nitrogens is 1. The third-order valence-corrected chi connectivity index (χ3v) is 9.08. The molecule has 7 nitrogen and oxygen atoms in total. The highest BCUT2D eigenvalue weighted by Gasteiger charge is 2.10. The topological polar surface area (TPSA) is 84.0 Å². The lowest BCUT2D eigenvalue weighted by atomic mass is 10.1. The van der Waals surface area contributed by atoms with Crippen molar-refractivity contribution in [2.24, 2.45) is 0 Å². The standard InChI is InChI=1S/C49H53NO6/c1-3-5-7-9-11-36-53-44-32-22-40(23-33-44)48(51)55-46-28-18-38(19-29-46)16-26-42-14-13-15-43(50-42)27-17-39-20-30-47(31-21-39)56-49(52)41-24-34-45(35-25-41)54-37-12-10-8-6-4-2/h13-35H,3-12,36-37H2,1-2H3/b26-16+,27-17+. The predicted molar refractivity (Wildman–Crippen MR) is 226 cm³/mol. The second-order valence-electron chi connectivity index (χ2n) is 13.6. The third kappa shape index (κ3) is 14.4. The number of pyridine rings is 1. The number of hydrogen-bond donors (Lipinski definition) is 0. The lowest BCUT2D eigenvalue weighted by molar-refractivity contribution is 0.0725. The molecule has 0 spiro atoms. The van der Waals surface area contributed by atoms with Gasteiger partial charge in [-0.15, -0.1) is 0 Å². The summed E-state index contributed by atoms with van der Waals surface area (Å²) >= 11 is 0. The number of esters is 2. The molecule has 5 aromatic rings. The van der Waals surface area contributed by atoms with Gasteiger partial charge in [-0.1, -0.05) is 108 Å². The Morgan fingerprint density at radius 3 is 1.21 bits per heavy atom. The molecule has 0 unspecified atom stereocenters. The van der Waals surface area contributed by atoms with Crippen molar-refractivity contribution in [3.63, 3.8) is 0 Å². The van der Waals surface area contributed by atoms with E-state index in [-0.39, 0.29) is 0 Å². The fourth-order valence-electron chi connectivity index (χ4n) is 5.81. The van der Waals surface area contributed by atoms with Crippen molar-refractivity contribution in [2.45, 2.75) is 78.1 Å². The minimum atomic E-state index is -0.417. The maximum absolute atomic E-state index is 12.7. The zero-order valence-corrected chi connectivity index (χ0v) is 32.7. The molecule has 0 aliphatic heterocycles. The van der Waals surface area contributed by atoms with E-state index in [2.05, 4.69) is 13.8 Å². The maximum atomic E-state index is 12.7. The van der Waals surface area contributed by atoms with E-state index in [1.165, 1.54) is 51.4 Å². The fourth-order valence-corrected chi connectivity index (χ4v) is 5.81. The van der Waals surface area contributed by atoms with Gasteiger partial charge in [-0.25, -0.2) is 14.6 Å². The van der Waals surface area contributed by atoms with E-state index >= 15 is 0 Å². The van der Waals surface area contributed by atoms with Gasteiger partial charge in [0.05, 0.1) is 35.7 Å². The summed E-state index contributed by atoms with van der Waals surface area (Å²) in [6.45, 7) is 5.77. The van der Waals surface area contributed by atoms with Crippen LogP contribution in [0.1, 0.15) is 121 Å². The normalized spacial score (nSPS) is 11.2. The molecule has 0 fully saturated rings. The lowest BCUT2D eigenvalue weighted by Gasteiger charge is -2.08. The van der Waals surface area contributed by atoms with Gasteiger partial charge in [0.1, 0.15) is 23.0 Å². The number of carbonyl (C=O) groups is 2. The molecular formula is C49H53NO6. The molecule has 0 bridgehead atoms. The molecule has 7 heteroatoms. The second-order valence-corrected chi connectivity index (χ2v) is 13.6. The first-order valence-electron chi connectivity index (χ1n) is 19.9. The monoisotopic (exact) mass is 751 g/mol. The predicted octanol–water partition coefficient (Wildman–Crippen LogP) is 12.6. The van der Waals surface area contributed by atoms with Gasteiger partial charge in [0.2, 0.25) is 0 Å². The minimum absolute atomic E-state index is 0.417. The highest BCUT2D eigenvalue weighted by molar-refractivity contribution is 5.91. The van der Waals surface area contributed by atoms with Crippen LogP contribution in [0.2, 0.25) is 0 Å². The van der Waals surface area contributed by atoms with E-state index in [0.29, 0.717) is 35.8 Å². The van der Waals surface area contributed by atoms with Gasteiger partial charge in [-0.2, -0.15) is 0 Å². The number of ether oxygens (including phenoxy) is 4. The molecule has 290 valence electrons. The Balaban J connectivity index is 1.05. The van der Waals surface area contributed by atoms with Crippen molar-refractivity contribution >= 4 is 36.2 Å². The molecule has 0 aliphatic rings. The summed E-state index contributed by atoms with van der Waals surface area (Å²) in [4.78, 5) is 30.1. The van der Waals surface area contributed by atoms with E-state index in [0.717, 1.165) is 46.9 Å². The van der Waals surface area contributed by atoms with Crippen LogP contribution in [0.25, 0.3) is 24.3 Å². The zero-order chi connectivity index (χ0) is 39.2. The summed E-state index contributed by atoms with van der Waals surface area (Å²) in [5, 5.41) is 0. The Bertz CT molecular complexity index is 1840. The Labute approximate surface area is 332 Å². The molecule has 4 aromatic carbocycles. The van der Waals surface area contributed by atoms with E-state index in [9.17, 15) is 9.59 Å². The Kier molecular flexibility index (Phi) is 17.0. The average Bonchev–Trinajstić information content (AvgIpc) is 3.23. The number of carbonyl (C=O) groups excluding carboxylic acids is 2. The maximum Gasteiger partial charge on any atom is 0.343 e. The van der Waals surface area contributed by atoms with Gasteiger partial charge in [0, 0.05) is 0 Å². The Hall–Kier alpha value is -5.95. The molecule has 56 heavy (non-hydrogen) atoms. The minimum Gasteiger partial charge on any atom is -0.494 e. The van der Waals surface area contributed by atoms with Crippen LogP contribution in [0, 0.1) is 0 Å². The van der Waals surface area contributed by atoms with Crippen LogP contribution in [-0.2, 0) is 0 Å². The van der Waals surface area contributed by atoms with Gasteiger partial charge in [0.25, 0.3) is 0 Å². The Morgan fingerprint density at radius 1 is 0.446 bits per heavy atom. The van der Waals surface area contributed by atoms with Crippen LogP contribution in [-0.4, -0.2) is 30.1 Å². The molecule has 0 radical (unpaired) electrons. The van der Waals surface area contributed by atoms with Gasteiger partial charge in [-0.05, 0) is 121 Å². The SMILES string of the molecule is CCCCCCCOc1ccc(C(=O)Oc2ccc(/C=C/c3cccc(/C=C/c4ccc(OC(=O)c5ccc(OCCCCCCC)cc5)cc4)n3)cc2)cc1. The molecule has 0 saturated carbocycles. The van der Waals surface area contributed by atoms with Crippen LogP contribution >= 0.6 is 0 Å². The molecule has 0 aliphatic carbocycles. The zero-order valence-electron chi connectivity index (χ0n) is 32.7. The van der Waals surface area contributed by atoms with E-state index in [4.69, 9.17) is 23.9 Å². The molecule has 0 amide bonds. The van der Waals surface area contributed by atoms with Crippen LogP contribution in [0.5, 0.6) is 23.0 Å². The summed E-state index contributed by atoms with van der Waals surface area (Å²) in [7, 11) is 0. The van der Waals surface area contributed by atoms with Gasteiger partial charge >= 0.3 is 11.9 Å². The third-order valence-electron chi connectivity index (χ3n) is 9.08. The molecule has 0 atom stereocenters. The molecular weight excluding hydrogens is 699 g/mol. The molecule has 0 N–H and O–H groups in total. The summed E-state index contributed by atoms with van der Waals surface area (Å²) in [6.07, 6.45) is 19.6. The fraction of sp³-hybridized carbons (Fsp3) is 0.286. The van der Waals surface area contributed by atoms with Crippen molar-refractivity contribution in [3.8, 4) is 23.0 Å². The molecule has 5 rings (SSSR count). The first-order valence-corrected chi connectivity index (χ1v) is 19.9. The quantitative estimate of drug-likeness (QED) is 0.0395. The van der Waals surface area contributed by atoms with Crippen LogP contribution in [0.3, 0.4) is 0 Å². The molecule has 1 heterocycles. The van der Waals surface area contributed by atoms with Gasteiger partial charge in [0.15, 0.2) is 0 Å². The number of nitrogens with zero attached hydrogens (tertiary/aromatic N) is 1. The summed E-state index contributed by atoms with van der Waals surface area (Å²) in [5.41, 5.74) is 4.42. The van der Waals surface area contributed by atoms with E-state index < -0.39 is 11.9 Å². The van der Waals surface area contributed by atoms with Crippen LogP contribution in [0.15, 0.2) is 115 Å². The highest BCUT2D eigenvalue weighted by Crippen LogP contribution is 2.21. The first kappa shape index (κ1) is 41.2. The number of unbranched alkanes of at least 4 members (excludes halogenated alkanes) is 8. The lowest BCUT2D eigenvalue weighted by Crippen LogP contribution is -2.08. The van der Waals surface area contributed by atoms with Crippen molar-refractivity contribution in [1.29, 1.82) is 0 Å². The first-order chi connectivity index (χ1) is 27.5. The van der Waals surface area contributed by atoms with E-state index in [1.54, 1.807) is 48.5 Å². The van der Waals surface area contributed by atoms with Crippen molar-refractivity contribution in [1.82, 2.24) is 4.98 Å². The van der Waals surface area contributed by atoms with Crippen molar-refractivity contribution < 1.29 is 28.5 Å². The smallest absolute Gasteiger partial charge is 0.343 e. The van der Waals surface area contributed by atoms with Crippen LogP contribution in [0.4, 0.5) is 0 Å². The van der Waals surface area contributed by atoms with Gasteiger partial charge in [-0.3, -0.25) is 0 Å². The van der Waals surface area contributed by atoms with Crippen molar-refractivity contribution in [3.05, 3.63) is 149 Å². The average molecular weight is 752 g/mol. The van der Waals surface area contributed by atoms with Crippen molar-refractivity contribution in [2.75, 3.05) is 13.2 Å². The summed E-state index contributed by atoms with van der Waals surface area (Å²) in [5.74, 6) is 1.61. The summed E-state index contributed by atoms with van der Waals surface area (Å²) < 4.78 is 22.8. The number of benzene rings is 4. The molecule has 0 saturated heterocycles. The Morgan fingerprint density at radius 2 is 0.821 bits per heavy atom. The van der Waals surface area contributed by atoms with Gasteiger partial charge < -0.3 is 18.9 Å².